The zero-order valence-corrected chi connectivity index (χ0v) is 22.1. The third-order valence-corrected chi connectivity index (χ3v) is 11.8. The van der Waals surface area contributed by atoms with Crippen molar-refractivity contribution in [1.29, 1.82) is 0 Å². The summed E-state index contributed by atoms with van der Waals surface area (Å²) in [4.78, 5) is 12.9. The van der Waals surface area contributed by atoms with Crippen LogP contribution in [0.3, 0.4) is 0 Å². The van der Waals surface area contributed by atoms with Crippen molar-refractivity contribution in [1.82, 2.24) is 19.5 Å². The smallest absolute Gasteiger partial charge is 0.226 e. The van der Waals surface area contributed by atoms with Crippen molar-refractivity contribution >= 4 is 47.0 Å². The second-order valence-corrected chi connectivity index (χ2v) is 14.1. The molecule has 1 saturated heterocycles. The van der Waals surface area contributed by atoms with E-state index in [1.54, 1.807) is 0 Å². The molecule has 11 heteroatoms. The fourth-order valence-corrected chi connectivity index (χ4v) is 8.81. The van der Waals surface area contributed by atoms with Crippen molar-refractivity contribution < 1.29 is 19.3 Å². The minimum atomic E-state index is -1.96. The lowest BCUT2D eigenvalue weighted by Gasteiger charge is -2.29. The van der Waals surface area contributed by atoms with Gasteiger partial charge in [-0.15, -0.1) is 0 Å². The molecule has 0 unspecified atom stereocenters. The lowest BCUT2D eigenvalue weighted by atomic mass is 10.1. The summed E-state index contributed by atoms with van der Waals surface area (Å²) in [6, 6.07) is 22.3. The molecular formula is C26H29ClFN5O3Si. The molecule has 5 rings (SSSR count). The minimum absolute atomic E-state index is 0.0165. The highest BCUT2D eigenvalue weighted by molar-refractivity contribution is 7.01. The molecular weight excluding hydrogens is 513 g/mol. The van der Waals surface area contributed by atoms with Gasteiger partial charge in [-0.2, -0.15) is 9.97 Å². The van der Waals surface area contributed by atoms with Crippen LogP contribution in [0.4, 0.5) is 10.2 Å². The summed E-state index contributed by atoms with van der Waals surface area (Å²) < 4.78 is 21.6. The summed E-state index contributed by atoms with van der Waals surface area (Å²) in [5.74, 6) is 0.448. The Morgan fingerprint density at radius 1 is 1.08 bits per heavy atom. The van der Waals surface area contributed by atoms with Gasteiger partial charge in [-0.3, -0.25) is 4.57 Å². The van der Waals surface area contributed by atoms with E-state index in [4.69, 9.17) is 16.3 Å². The number of halogens is 2. The summed E-state index contributed by atoms with van der Waals surface area (Å²) >= 11 is 6.21. The predicted molar refractivity (Wildman–Crippen MR) is 144 cm³/mol. The van der Waals surface area contributed by atoms with E-state index < -0.39 is 39.3 Å². The van der Waals surface area contributed by atoms with Crippen LogP contribution in [0.2, 0.25) is 17.9 Å². The lowest BCUT2D eigenvalue weighted by molar-refractivity contribution is -0.0459. The number of rotatable bonds is 9. The molecule has 1 aliphatic heterocycles. The fourth-order valence-electron chi connectivity index (χ4n) is 4.99. The molecule has 194 valence electrons. The molecule has 2 aromatic heterocycles. The molecule has 4 atom stereocenters. The minimum Gasteiger partial charge on any atom is -0.394 e. The van der Waals surface area contributed by atoms with E-state index in [1.165, 1.54) is 21.3 Å². The topological polar surface area (TPSA) is 105 Å². The molecule has 3 heterocycles. The second kappa shape index (κ2) is 10.8. The predicted octanol–water partition coefficient (Wildman–Crippen LogP) is 2.76. The van der Waals surface area contributed by atoms with Gasteiger partial charge in [0, 0.05) is 6.54 Å². The first kappa shape index (κ1) is 25.7. The Balaban J connectivity index is 1.34. The van der Waals surface area contributed by atoms with Crippen LogP contribution in [-0.2, 0) is 4.74 Å². The van der Waals surface area contributed by atoms with Gasteiger partial charge in [0.25, 0.3) is 0 Å². The first-order valence-corrected chi connectivity index (χ1v) is 15.3. The van der Waals surface area contributed by atoms with Crippen LogP contribution < -0.4 is 15.7 Å². The number of hydrogen-bond donors (Lipinski definition) is 3. The van der Waals surface area contributed by atoms with Crippen LogP contribution in [-0.4, -0.2) is 69.3 Å². The number of aromatic nitrogens is 4. The van der Waals surface area contributed by atoms with E-state index in [0.717, 1.165) is 12.5 Å². The number of anilines is 1. The zero-order valence-electron chi connectivity index (χ0n) is 20.3. The number of hydrogen-bond acceptors (Lipinski definition) is 7. The highest BCUT2D eigenvalue weighted by Gasteiger charge is 2.45. The van der Waals surface area contributed by atoms with Gasteiger partial charge in [0.1, 0.15) is 20.3 Å². The number of nitrogens with zero attached hydrogens (tertiary/aromatic N) is 4. The number of imidazole rings is 1. The standard InChI is InChI=1S/C26H29ClFN5O3Si/c1-37(17-9-4-2-5-10-17,18-11-6-3-7-12-18)14-8-13-29-23-21-24(32-26(27)31-23)33(16-30-21)25-20(28)22(35)19(15-34)36-25/h2-7,9-12,16,19-20,22,25,34-35H,8,13-15H2,1H3,(H,29,31,32)/t19-,20-,22-,25-/m1/s1. The zero-order chi connectivity index (χ0) is 26.0. The Labute approximate surface area is 220 Å². The van der Waals surface area contributed by atoms with E-state index in [1.807, 2.05) is 12.1 Å². The highest BCUT2D eigenvalue weighted by atomic mass is 35.5. The van der Waals surface area contributed by atoms with Crippen LogP contribution in [0, 0.1) is 0 Å². The molecule has 0 saturated carbocycles. The Bertz CT molecular complexity index is 1310. The Hall–Kier alpha value is -2.89. The normalized spacial score (nSPS) is 22.0. The fraction of sp³-hybridized carbons (Fsp3) is 0.346. The van der Waals surface area contributed by atoms with Crippen LogP contribution in [0.1, 0.15) is 12.6 Å². The third kappa shape index (κ3) is 4.99. The van der Waals surface area contributed by atoms with Crippen molar-refractivity contribution in [2.75, 3.05) is 18.5 Å². The summed E-state index contributed by atoms with van der Waals surface area (Å²) in [7, 11) is -1.96. The van der Waals surface area contributed by atoms with Gasteiger partial charge in [0.05, 0.1) is 12.9 Å². The largest absolute Gasteiger partial charge is 0.394 e. The van der Waals surface area contributed by atoms with E-state index in [-0.39, 0.29) is 10.9 Å². The average Bonchev–Trinajstić information content (AvgIpc) is 3.47. The van der Waals surface area contributed by atoms with E-state index >= 15 is 0 Å². The molecule has 8 nitrogen and oxygen atoms in total. The molecule has 1 aliphatic rings. The van der Waals surface area contributed by atoms with E-state index in [2.05, 4.69) is 75.3 Å². The van der Waals surface area contributed by atoms with Crippen LogP contribution in [0.15, 0.2) is 67.0 Å². The third-order valence-electron chi connectivity index (χ3n) is 7.11. The Morgan fingerprint density at radius 2 is 1.73 bits per heavy atom. The summed E-state index contributed by atoms with van der Waals surface area (Å²) in [6.45, 7) is 2.53. The molecule has 37 heavy (non-hydrogen) atoms. The first-order valence-electron chi connectivity index (χ1n) is 12.3. The highest BCUT2D eigenvalue weighted by Crippen LogP contribution is 2.34. The molecule has 0 radical (unpaired) electrons. The van der Waals surface area contributed by atoms with Gasteiger partial charge in [-0.05, 0) is 24.1 Å². The molecule has 0 aliphatic carbocycles. The number of aliphatic hydroxyl groups excluding tert-OH is 2. The van der Waals surface area contributed by atoms with Crippen molar-refractivity contribution in [3.05, 3.63) is 72.3 Å². The van der Waals surface area contributed by atoms with Crippen molar-refractivity contribution in [3.8, 4) is 0 Å². The van der Waals surface area contributed by atoms with Gasteiger partial charge in [0.15, 0.2) is 29.4 Å². The molecule has 1 fully saturated rings. The lowest BCUT2D eigenvalue weighted by Crippen LogP contribution is -2.55. The number of fused-ring (bicyclic) bond motifs is 1. The quantitative estimate of drug-likeness (QED) is 0.170. The van der Waals surface area contributed by atoms with E-state index in [9.17, 15) is 14.6 Å². The van der Waals surface area contributed by atoms with Crippen molar-refractivity contribution in [2.45, 2.75) is 43.6 Å². The number of nitrogens with one attached hydrogen (secondary N) is 1. The monoisotopic (exact) mass is 541 g/mol. The Morgan fingerprint density at radius 3 is 2.32 bits per heavy atom. The summed E-state index contributed by atoms with van der Waals surface area (Å²) in [5.41, 5.74) is 0.710. The SMILES string of the molecule is C[Si](CCCNc1nc(Cl)nc2c1ncn2[C@@H]1O[C@H](CO)[C@@H](O)[C@H]1F)(c1ccccc1)c1ccccc1. The van der Waals surface area contributed by atoms with Gasteiger partial charge >= 0.3 is 0 Å². The van der Waals surface area contributed by atoms with Gasteiger partial charge in [-0.25, -0.2) is 9.37 Å². The van der Waals surface area contributed by atoms with Gasteiger partial charge in [0.2, 0.25) is 5.28 Å². The summed E-state index contributed by atoms with van der Waals surface area (Å²) in [5, 5.41) is 25.5. The van der Waals surface area contributed by atoms with Gasteiger partial charge in [-0.1, -0.05) is 77.6 Å². The molecule has 3 N–H and O–H groups in total. The van der Waals surface area contributed by atoms with Crippen LogP contribution >= 0.6 is 11.6 Å². The molecule has 4 aromatic rings. The second-order valence-electron chi connectivity index (χ2n) is 9.44. The number of alkyl halides is 1. The number of ether oxygens (including phenoxy) is 1. The van der Waals surface area contributed by atoms with Crippen LogP contribution in [0.5, 0.6) is 0 Å². The number of aliphatic hydroxyl groups is 2. The molecule has 0 amide bonds. The molecule has 2 aromatic carbocycles. The summed E-state index contributed by atoms with van der Waals surface area (Å²) in [6.07, 6.45) is -3.13. The molecule has 0 spiro atoms. The Kier molecular flexibility index (Phi) is 7.54. The average molecular weight is 542 g/mol. The van der Waals surface area contributed by atoms with Crippen LogP contribution in [0.25, 0.3) is 11.2 Å². The molecule has 0 bridgehead atoms. The maximum absolute atomic E-state index is 14.7. The van der Waals surface area contributed by atoms with Gasteiger partial charge < -0.3 is 20.3 Å². The van der Waals surface area contributed by atoms with Crippen molar-refractivity contribution in [3.63, 3.8) is 0 Å². The van der Waals surface area contributed by atoms with Crippen molar-refractivity contribution in [2.24, 2.45) is 0 Å². The maximum atomic E-state index is 14.7. The van der Waals surface area contributed by atoms with E-state index in [0.29, 0.717) is 17.9 Å². The maximum Gasteiger partial charge on any atom is 0.226 e. The first-order chi connectivity index (χ1) is 17.9. The number of benzene rings is 2.